The summed E-state index contributed by atoms with van der Waals surface area (Å²) in [5.41, 5.74) is 2.23. The van der Waals surface area contributed by atoms with Crippen molar-refractivity contribution in [2.45, 2.75) is 6.92 Å². The number of H-pyrrole nitrogens is 1. The Morgan fingerprint density at radius 2 is 2.20 bits per heavy atom. The van der Waals surface area contributed by atoms with E-state index in [1.807, 2.05) is 24.3 Å². The molecule has 0 spiro atoms. The van der Waals surface area contributed by atoms with Crippen molar-refractivity contribution in [2.24, 2.45) is 0 Å². The predicted octanol–water partition coefficient (Wildman–Crippen LogP) is 2.05. The molecule has 0 radical (unpaired) electrons. The largest absolute Gasteiger partial charge is 0.478 e. The zero-order valence-electron chi connectivity index (χ0n) is 8.19. The lowest BCUT2D eigenvalue weighted by Gasteiger charge is -1.94. The van der Waals surface area contributed by atoms with Gasteiger partial charge in [-0.15, -0.1) is 0 Å². The number of aliphatic carboxylic acids is 1. The number of para-hydroxylation sites is 1. The maximum Gasteiger partial charge on any atom is 0.328 e. The van der Waals surface area contributed by atoms with Crippen molar-refractivity contribution >= 4 is 22.4 Å². The number of carboxylic acids is 1. The third kappa shape index (κ3) is 1.74. The summed E-state index contributed by atoms with van der Waals surface area (Å²) in [6.07, 6.45) is 1.16. The number of nitrogens with zero attached hydrogens (tertiary/aromatic N) is 1. The molecule has 0 unspecified atom stereocenters. The molecule has 2 rings (SSSR count). The fourth-order valence-corrected chi connectivity index (χ4v) is 1.52. The molecule has 0 saturated heterocycles. The van der Waals surface area contributed by atoms with Gasteiger partial charge in [0.2, 0.25) is 0 Å². The van der Waals surface area contributed by atoms with E-state index in [4.69, 9.17) is 5.11 Å². The van der Waals surface area contributed by atoms with Crippen LogP contribution >= 0.6 is 0 Å². The first-order chi connectivity index (χ1) is 7.18. The van der Waals surface area contributed by atoms with Gasteiger partial charge >= 0.3 is 5.97 Å². The van der Waals surface area contributed by atoms with Gasteiger partial charge in [0.1, 0.15) is 0 Å². The Balaban J connectivity index is 2.57. The summed E-state index contributed by atoms with van der Waals surface area (Å²) in [7, 11) is 0. The summed E-state index contributed by atoms with van der Waals surface area (Å²) in [6.45, 7) is 1.73. The standard InChI is InChI=1S/C11H10N2O2/c1-7(6-10(14)15)11-8-4-2-3-5-9(8)12-13-11/h2-6H,1H3,(H,12,13)(H,14,15). The molecule has 0 bridgehead atoms. The summed E-state index contributed by atoms with van der Waals surface area (Å²) >= 11 is 0. The first-order valence-corrected chi connectivity index (χ1v) is 4.53. The molecule has 2 aromatic rings. The molecular formula is C11H10N2O2. The van der Waals surface area contributed by atoms with Crippen LogP contribution in [0.5, 0.6) is 0 Å². The van der Waals surface area contributed by atoms with E-state index >= 15 is 0 Å². The number of hydrogen-bond acceptors (Lipinski definition) is 2. The van der Waals surface area contributed by atoms with Gasteiger partial charge in [0.25, 0.3) is 0 Å². The molecule has 0 amide bonds. The van der Waals surface area contributed by atoms with Gasteiger partial charge in [-0.1, -0.05) is 18.2 Å². The lowest BCUT2D eigenvalue weighted by Crippen LogP contribution is -1.90. The van der Waals surface area contributed by atoms with Crippen LogP contribution in [0.4, 0.5) is 0 Å². The van der Waals surface area contributed by atoms with E-state index in [2.05, 4.69) is 10.2 Å². The van der Waals surface area contributed by atoms with Crippen molar-refractivity contribution in [1.82, 2.24) is 10.2 Å². The number of fused-ring (bicyclic) bond motifs is 1. The van der Waals surface area contributed by atoms with Crippen LogP contribution in [-0.2, 0) is 4.79 Å². The fraction of sp³-hybridized carbons (Fsp3) is 0.0909. The van der Waals surface area contributed by atoms with Gasteiger partial charge in [-0.2, -0.15) is 5.10 Å². The Morgan fingerprint density at radius 1 is 1.47 bits per heavy atom. The average Bonchev–Trinajstić information content (AvgIpc) is 2.59. The van der Waals surface area contributed by atoms with Crippen molar-refractivity contribution < 1.29 is 9.90 Å². The predicted molar refractivity (Wildman–Crippen MR) is 57.4 cm³/mol. The van der Waals surface area contributed by atoms with Gasteiger partial charge in [-0.3, -0.25) is 5.10 Å². The molecule has 0 aliphatic heterocycles. The van der Waals surface area contributed by atoms with Crippen molar-refractivity contribution in [3.8, 4) is 0 Å². The molecule has 1 aromatic heterocycles. The van der Waals surface area contributed by atoms with Crippen LogP contribution in [0.1, 0.15) is 12.6 Å². The van der Waals surface area contributed by atoms with Gasteiger partial charge in [0.15, 0.2) is 0 Å². The smallest absolute Gasteiger partial charge is 0.328 e. The SMILES string of the molecule is CC(=CC(=O)O)c1n[nH]c2ccccc12. The zero-order valence-corrected chi connectivity index (χ0v) is 8.19. The van der Waals surface area contributed by atoms with Gasteiger partial charge in [0.05, 0.1) is 11.2 Å². The number of nitrogens with one attached hydrogen (secondary N) is 1. The highest BCUT2D eigenvalue weighted by atomic mass is 16.4. The molecule has 4 heteroatoms. The van der Waals surface area contributed by atoms with E-state index in [0.29, 0.717) is 11.3 Å². The summed E-state index contributed by atoms with van der Waals surface area (Å²) < 4.78 is 0. The molecule has 0 aliphatic carbocycles. The van der Waals surface area contributed by atoms with Crippen molar-refractivity contribution in [3.05, 3.63) is 36.0 Å². The zero-order chi connectivity index (χ0) is 10.8. The number of carbonyl (C=O) groups is 1. The minimum Gasteiger partial charge on any atom is -0.478 e. The first kappa shape index (κ1) is 9.45. The Kier molecular flexibility index (Phi) is 2.25. The van der Waals surface area contributed by atoms with Crippen LogP contribution in [0, 0.1) is 0 Å². The van der Waals surface area contributed by atoms with Crippen LogP contribution in [-0.4, -0.2) is 21.3 Å². The van der Waals surface area contributed by atoms with Gasteiger partial charge in [0, 0.05) is 11.5 Å². The monoisotopic (exact) mass is 202 g/mol. The number of hydrogen-bond donors (Lipinski definition) is 2. The Hall–Kier alpha value is -2.10. The van der Waals surface area contributed by atoms with Crippen LogP contribution < -0.4 is 0 Å². The lowest BCUT2D eigenvalue weighted by atomic mass is 10.1. The topological polar surface area (TPSA) is 66.0 Å². The molecule has 76 valence electrons. The van der Waals surface area contributed by atoms with Gasteiger partial charge in [-0.25, -0.2) is 4.79 Å². The van der Waals surface area contributed by atoms with E-state index in [1.54, 1.807) is 6.92 Å². The highest BCUT2D eigenvalue weighted by Gasteiger charge is 2.07. The number of benzene rings is 1. The molecule has 0 atom stereocenters. The average molecular weight is 202 g/mol. The third-order valence-corrected chi connectivity index (χ3v) is 2.18. The quantitative estimate of drug-likeness (QED) is 0.732. The molecule has 0 saturated carbocycles. The van der Waals surface area contributed by atoms with Gasteiger partial charge < -0.3 is 5.11 Å². The van der Waals surface area contributed by atoms with Crippen LogP contribution in [0.15, 0.2) is 30.3 Å². The summed E-state index contributed by atoms with van der Waals surface area (Å²) in [4.78, 5) is 10.5. The van der Waals surface area contributed by atoms with Crippen molar-refractivity contribution in [2.75, 3.05) is 0 Å². The molecule has 0 aliphatic rings. The molecule has 4 nitrogen and oxygen atoms in total. The van der Waals surface area contributed by atoms with E-state index in [-0.39, 0.29) is 0 Å². The van der Waals surface area contributed by atoms with Crippen molar-refractivity contribution in [1.29, 1.82) is 0 Å². The molecule has 1 heterocycles. The molecule has 15 heavy (non-hydrogen) atoms. The molecule has 0 fully saturated rings. The second kappa shape index (κ2) is 3.57. The number of allylic oxidation sites excluding steroid dienone is 1. The third-order valence-electron chi connectivity index (χ3n) is 2.18. The minimum atomic E-state index is -0.959. The van der Waals surface area contributed by atoms with Crippen molar-refractivity contribution in [3.63, 3.8) is 0 Å². The number of aromatic amines is 1. The number of aromatic nitrogens is 2. The maximum atomic E-state index is 10.5. The summed E-state index contributed by atoms with van der Waals surface area (Å²) in [5, 5.41) is 16.5. The van der Waals surface area contributed by atoms with E-state index in [1.165, 1.54) is 0 Å². The van der Waals surface area contributed by atoms with E-state index in [0.717, 1.165) is 17.0 Å². The van der Waals surface area contributed by atoms with E-state index < -0.39 is 5.97 Å². The Labute approximate surface area is 86.2 Å². The highest BCUT2D eigenvalue weighted by Crippen LogP contribution is 2.21. The van der Waals surface area contributed by atoms with Gasteiger partial charge in [-0.05, 0) is 18.6 Å². The lowest BCUT2D eigenvalue weighted by molar-refractivity contribution is -0.131. The molecule has 2 N–H and O–H groups in total. The second-order valence-corrected chi connectivity index (χ2v) is 3.28. The second-order valence-electron chi connectivity index (χ2n) is 3.28. The summed E-state index contributed by atoms with van der Waals surface area (Å²) in [6, 6.07) is 7.61. The fourth-order valence-electron chi connectivity index (χ4n) is 1.52. The summed E-state index contributed by atoms with van der Waals surface area (Å²) in [5.74, 6) is -0.959. The van der Waals surface area contributed by atoms with Crippen LogP contribution in [0.25, 0.3) is 16.5 Å². The normalized spacial score (nSPS) is 11.9. The highest BCUT2D eigenvalue weighted by molar-refractivity contribution is 5.95. The Bertz CT molecular complexity index is 540. The number of rotatable bonds is 2. The molecule has 1 aromatic carbocycles. The number of carboxylic acid groups (broad SMARTS) is 1. The maximum absolute atomic E-state index is 10.5. The van der Waals surface area contributed by atoms with E-state index in [9.17, 15) is 4.79 Å². The van der Waals surface area contributed by atoms with Crippen LogP contribution in [0.3, 0.4) is 0 Å². The molecular weight excluding hydrogens is 192 g/mol. The minimum absolute atomic E-state index is 0.639. The van der Waals surface area contributed by atoms with Crippen LogP contribution in [0.2, 0.25) is 0 Å². The Morgan fingerprint density at radius 3 is 2.93 bits per heavy atom. The first-order valence-electron chi connectivity index (χ1n) is 4.53.